The Balaban J connectivity index is 5.17. The highest BCUT2D eigenvalue weighted by Crippen LogP contribution is 2.45. The Labute approximate surface area is 581 Å². The number of ether oxygens (including phenoxy) is 4. The first-order chi connectivity index (χ1) is 45.8. The topological polar surface area (TPSA) is 237 Å². The molecular formula is C76H148O17P2. The minimum Gasteiger partial charge on any atom is -0.462 e. The van der Waals surface area contributed by atoms with Crippen LogP contribution in [0.25, 0.3) is 0 Å². The van der Waals surface area contributed by atoms with Gasteiger partial charge in [-0.1, -0.05) is 337 Å². The van der Waals surface area contributed by atoms with Gasteiger partial charge in [-0.05, 0) is 43.4 Å². The molecule has 0 spiro atoms. The number of unbranched alkanes of at least 4 members (excludes halogenated alkanes) is 40. The van der Waals surface area contributed by atoms with Crippen LogP contribution in [-0.2, 0) is 65.4 Å². The Morgan fingerprint density at radius 1 is 0.305 bits per heavy atom. The molecule has 0 bridgehead atoms. The van der Waals surface area contributed by atoms with Crippen LogP contribution >= 0.6 is 15.6 Å². The second-order valence-electron chi connectivity index (χ2n) is 28.4. The fourth-order valence-corrected chi connectivity index (χ4v) is 13.1. The lowest BCUT2D eigenvalue weighted by Crippen LogP contribution is -2.30. The van der Waals surface area contributed by atoms with E-state index in [0.717, 1.165) is 114 Å². The van der Waals surface area contributed by atoms with Crippen molar-refractivity contribution in [2.75, 3.05) is 39.6 Å². The van der Waals surface area contributed by atoms with Crippen molar-refractivity contribution >= 4 is 39.5 Å². The van der Waals surface area contributed by atoms with E-state index in [0.29, 0.717) is 25.7 Å². The van der Waals surface area contributed by atoms with Crippen LogP contribution in [0.3, 0.4) is 0 Å². The number of esters is 4. The Morgan fingerprint density at radius 2 is 0.537 bits per heavy atom. The van der Waals surface area contributed by atoms with E-state index in [1.165, 1.54) is 193 Å². The summed E-state index contributed by atoms with van der Waals surface area (Å²) in [5.41, 5.74) is 0. The summed E-state index contributed by atoms with van der Waals surface area (Å²) in [6, 6.07) is 0. The summed E-state index contributed by atoms with van der Waals surface area (Å²) in [6.07, 6.45) is 52.9. The maximum Gasteiger partial charge on any atom is 0.472 e. The number of rotatable bonds is 74. The molecule has 0 amide bonds. The molecule has 0 aromatic heterocycles. The van der Waals surface area contributed by atoms with Crippen LogP contribution in [-0.4, -0.2) is 96.7 Å². The van der Waals surface area contributed by atoms with E-state index in [2.05, 4.69) is 48.5 Å². The van der Waals surface area contributed by atoms with Crippen LogP contribution in [0.15, 0.2) is 0 Å². The van der Waals surface area contributed by atoms with E-state index in [4.69, 9.17) is 37.0 Å². The molecule has 0 heterocycles. The average Bonchev–Trinajstić information content (AvgIpc) is 2.58. The maximum absolute atomic E-state index is 13.1. The maximum atomic E-state index is 13.1. The molecule has 7 atom stereocenters. The third-order valence-electron chi connectivity index (χ3n) is 18.4. The quantitative estimate of drug-likeness (QED) is 0.0222. The van der Waals surface area contributed by atoms with Crippen LogP contribution in [0.1, 0.15) is 389 Å². The molecule has 0 aliphatic rings. The molecule has 0 radical (unpaired) electrons. The predicted octanol–water partition coefficient (Wildman–Crippen LogP) is 22.2. The highest BCUT2D eigenvalue weighted by atomic mass is 31.2. The van der Waals surface area contributed by atoms with Crippen LogP contribution in [0, 0.1) is 17.8 Å². The van der Waals surface area contributed by atoms with Gasteiger partial charge in [-0.25, -0.2) is 9.13 Å². The van der Waals surface area contributed by atoms with Gasteiger partial charge in [0.05, 0.1) is 26.4 Å². The summed E-state index contributed by atoms with van der Waals surface area (Å²) in [5, 5.41) is 10.6. The van der Waals surface area contributed by atoms with E-state index in [-0.39, 0.29) is 25.7 Å². The van der Waals surface area contributed by atoms with Crippen LogP contribution in [0.2, 0.25) is 0 Å². The van der Waals surface area contributed by atoms with Crippen molar-refractivity contribution in [2.45, 2.75) is 407 Å². The summed E-state index contributed by atoms with van der Waals surface area (Å²) < 4.78 is 68.4. The molecule has 3 N–H and O–H groups in total. The average molecular weight is 1400 g/mol. The van der Waals surface area contributed by atoms with E-state index in [1.54, 1.807) is 0 Å². The van der Waals surface area contributed by atoms with Gasteiger partial charge in [0.15, 0.2) is 12.2 Å². The zero-order chi connectivity index (χ0) is 70.1. The zero-order valence-electron chi connectivity index (χ0n) is 62.1. The van der Waals surface area contributed by atoms with Crippen molar-refractivity contribution in [1.29, 1.82) is 0 Å². The lowest BCUT2D eigenvalue weighted by molar-refractivity contribution is -0.161. The zero-order valence-corrected chi connectivity index (χ0v) is 63.9. The normalized spacial score (nSPS) is 14.6. The summed E-state index contributed by atoms with van der Waals surface area (Å²) in [5.74, 6) is 0.249. The molecule has 4 unspecified atom stereocenters. The number of hydrogen-bond acceptors (Lipinski definition) is 15. The van der Waals surface area contributed by atoms with E-state index < -0.39 is 97.5 Å². The summed E-state index contributed by atoms with van der Waals surface area (Å²) >= 11 is 0. The molecule has 19 heteroatoms. The highest BCUT2D eigenvalue weighted by molar-refractivity contribution is 7.47. The standard InChI is InChI=1S/C76H148O17P2/c1-8-11-12-13-14-35-43-50-57-73(78)86-64-72(93-76(81)60-53-46-39-38-42-49-56-69(7)10-3)66-91-95(84,85)89-62-70(77)61-88-94(82,83)90-65-71(63-87-74(79)58-51-44-36-31-27-24-23-25-29-33-40-47-54-67(4)5)92-75(80)59-52-45-37-32-28-22-20-18-16-15-17-19-21-26-30-34-41-48-55-68(6)9-2/h67-72,77H,8-66H2,1-7H3,(H,82,83)(H,84,85)/t68?,69?,70-,71-,72-/m1/s1. The Kier molecular flexibility index (Phi) is 65.2. The summed E-state index contributed by atoms with van der Waals surface area (Å²) in [7, 11) is -9.91. The smallest absolute Gasteiger partial charge is 0.462 e. The number of carbonyl (C=O) groups excluding carboxylic acids is 4. The number of aliphatic hydroxyl groups excluding tert-OH is 1. The van der Waals surface area contributed by atoms with Gasteiger partial charge in [0, 0.05) is 25.7 Å². The molecule has 0 aromatic carbocycles. The molecular weight excluding hydrogens is 1250 g/mol. The van der Waals surface area contributed by atoms with Gasteiger partial charge in [-0.3, -0.25) is 37.3 Å². The first kappa shape index (κ1) is 93.1. The number of hydrogen-bond donors (Lipinski definition) is 3. The minimum absolute atomic E-state index is 0.103. The molecule has 0 aliphatic carbocycles. The Morgan fingerprint density at radius 3 is 0.800 bits per heavy atom. The van der Waals surface area contributed by atoms with Gasteiger partial charge in [0.2, 0.25) is 0 Å². The molecule has 564 valence electrons. The molecule has 0 aromatic rings. The van der Waals surface area contributed by atoms with Crippen molar-refractivity contribution in [3.63, 3.8) is 0 Å². The Hall–Kier alpha value is -1.94. The van der Waals surface area contributed by atoms with Gasteiger partial charge >= 0.3 is 39.5 Å². The Bertz CT molecular complexity index is 1860. The van der Waals surface area contributed by atoms with Crippen molar-refractivity contribution < 1.29 is 80.2 Å². The first-order valence-electron chi connectivity index (χ1n) is 39.4. The highest BCUT2D eigenvalue weighted by Gasteiger charge is 2.30. The molecule has 17 nitrogen and oxygen atoms in total. The molecule has 0 aliphatic heterocycles. The molecule has 0 saturated carbocycles. The number of aliphatic hydroxyl groups is 1. The third kappa shape index (κ3) is 67.6. The van der Waals surface area contributed by atoms with Crippen LogP contribution in [0.4, 0.5) is 0 Å². The van der Waals surface area contributed by atoms with E-state index in [9.17, 15) is 43.2 Å². The lowest BCUT2D eigenvalue weighted by Gasteiger charge is -2.21. The van der Waals surface area contributed by atoms with E-state index in [1.807, 2.05) is 0 Å². The van der Waals surface area contributed by atoms with Gasteiger partial charge in [-0.2, -0.15) is 0 Å². The number of carbonyl (C=O) groups is 4. The van der Waals surface area contributed by atoms with Gasteiger partial charge < -0.3 is 33.8 Å². The minimum atomic E-state index is -4.96. The van der Waals surface area contributed by atoms with Crippen molar-refractivity contribution in [1.82, 2.24) is 0 Å². The van der Waals surface area contributed by atoms with Crippen molar-refractivity contribution in [3.05, 3.63) is 0 Å². The lowest BCUT2D eigenvalue weighted by atomic mass is 9.99. The largest absolute Gasteiger partial charge is 0.472 e. The summed E-state index contributed by atoms with van der Waals surface area (Å²) in [4.78, 5) is 72.6. The molecule has 0 saturated heterocycles. The van der Waals surface area contributed by atoms with Gasteiger partial charge in [0.25, 0.3) is 0 Å². The van der Waals surface area contributed by atoms with Crippen molar-refractivity contribution in [3.8, 4) is 0 Å². The molecule has 95 heavy (non-hydrogen) atoms. The predicted molar refractivity (Wildman–Crippen MR) is 386 cm³/mol. The summed E-state index contributed by atoms with van der Waals surface area (Å²) in [6.45, 7) is 11.9. The number of phosphoric acid groups is 2. The third-order valence-corrected chi connectivity index (χ3v) is 20.3. The number of phosphoric ester groups is 2. The second kappa shape index (κ2) is 66.6. The van der Waals surface area contributed by atoms with Crippen LogP contribution in [0.5, 0.6) is 0 Å². The van der Waals surface area contributed by atoms with E-state index >= 15 is 0 Å². The van der Waals surface area contributed by atoms with Crippen LogP contribution < -0.4 is 0 Å². The first-order valence-corrected chi connectivity index (χ1v) is 42.4. The molecule has 0 fully saturated rings. The monoisotopic (exact) mass is 1400 g/mol. The van der Waals surface area contributed by atoms with Crippen molar-refractivity contribution in [2.24, 2.45) is 17.8 Å². The fourth-order valence-electron chi connectivity index (χ4n) is 11.5. The molecule has 0 rings (SSSR count). The van der Waals surface area contributed by atoms with Gasteiger partial charge in [0.1, 0.15) is 19.3 Å². The van der Waals surface area contributed by atoms with Gasteiger partial charge in [-0.15, -0.1) is 0 Å². The second-order valence-corrected chi connectivity index (χ2v) is 31.3. The fraction of sp³-hybridized carbons (Fsp3) is 0.947. The SMILES string of the molecule is CCCCCCCCCCC(=O)OC[C@H](COP(=O)(O)OC[C@H](O)COP(=O)(O)OC[C@@H](COC(=O)CCCCCCCCCCCCCCC(C)C)OC(=O)CCCCCCCCCCCCCCCCCCCCC(C)CC)OC(=O)CCCCCCCCC(C)CC.